The molecule has 0 radical (unpaired) electrons. The first-order valence-corrected chi connectivity index (χ1v) is 7.67. The Balaban J connectivity index is 1.84. The van der Waals surface area contributed by atoms with E-state index in [1.807, 2.05) is 23.9 Å². The Morgan fingerprint density at radius 3 is 2.80 bits per heavy atom. The average Bonchev–Trinajstić information content (AvgIpc) is 3.02. The number of nitrogens with zero attached hydrogens (tertiary/aromatic N) is 2. The van der Waals surface area contributed by atoms with Crippen LogP contribution in [0.1, 0.15) is 29.3 Å². The summed E-state index contributed by atoms with van der Waals surface area (Å²) < 4.78 is 3.09. The number of benzene rings is 1. The van der Waals surface area contributed by atoms with E-state index in [1.54, 1.807) is 11.3 Å². The second kappa shape index (κ2) is 5.38. The number of rotatable bonds is 4. The van der Waals surface area contributed by atoms with Crippen molar-refractivity contribution in [1.82, 2.24) is 9.78 Å². The van der Waals surface area contributed by atoms with Crippen molar-refractivity contribution in [2.24, 2.45) is 7.05 Å². The number of aliphatic hydroxyl groups is 1. The molecule has 3 nitrogen and oxygen atoms in total. The summed E-state index contributed by atoms with van der Waals surface area (Å²) in [4.78, 5) is 1.02. The molecule has 0 aliphatic rings. The van der Waals surface area contributed by atoms with E-state index in [-0.39, 0.29) is 0 Å². The molecule has 0 aliphatic heterocycles. The third-order valence-electron chi connectivity index (χ3n) is 3.57. The molecule has 1 aromatic carbocycles. The van der Waals surface area contributed by atoms with Crippen LogP contribution in [0, 0.1) is 0 Å². The lowest BCUT2D eigenvalue weighted by molar-refractivity contribution is 0.179. The van der Waals surface area contributed by atoms with Gasteiger partial charge in [-0.15, -0.1) is 11.3 Å². The van der Waals surface area contributed by atoms with Crippen LogP contribution in [0.4, 0.5) is 0 Å². The second-order valence-corrected chi connectivity index (χ2v) is 6.13. The molecule has 0 amide bonds. The minimum absolute atomic E-state index is 0.465. The summed E-state index contributed by atoms with van der Waals surface area (Å²) in [5.74, 6) is 0. The first-order chi connectivity index (χ1) is 9.67. The fourth-order valence-corrected chi connectivity index (χ4v) is 3.45. The van der Waals surface area contributed by atoms with Gasteiger partial charge in [-0.3, -0.25) is 4.68 Å². The molecule has 20 heavy (non-hydrogen) atoms. The van der Waals surface area contributed by atoms with Gasteiger partial charge in [0, 0.05) is 28.7 Å². The Bertz CT molecular complexity index is 696. The van der Waals surface area contributed by atoms with Gasteiger partial charge in [-0.1, -0.05) is 25.1 Å². The first-order valence-electron chi connectivity index (χ1n) is 6.85. The largest absolute Gasteiger partial charge is 0.387 e. The minimum atomic E-state index is -0.465. The van der Waals surface area contributed by atoms with Crippen molar-refractivity contribution in [3.63, 3.8) is 0 Å². The minimum Gasteiger partial charge on any atom is -0.387 e. The van der Waals surface area contributed by atoms with Crippen LogP contribution in [0.15, 0.2) is 36.4 Å². The topological polar surface area (TPSA) is 38.0 Å². The van der Waals surface area contributed by atoms with Crippen LogP contribution in [0.25, 0.3) is 10.1 Å². The van der Waals surface area contributed by atoms with Gasteiger partial charge >= 0.3 is 0 Å². The van der Waals surface area contributed by atoms with Gasteiger partial charge in [-0.05, 0) is 30.0 Å². The van der Waals surface area contributed by atoms with E-state index < -0.39 is 6.10 Å². The van der Waals surface area contributed by atoms with Gasteiger partial charge < -0.3 is 5.11 Å². The summed E-state index contributed by atoms with van der Waals surface area (Å²) in [5, 5.41) is 16.1. The van der Waals surface area contributed by atoms with Crippen molar-refractivity contribution in [3.05, 3.63) is 52.7 Å². The van der Waals surface area contributed by atoms with Crippen LogP contribution < -0.4 is 0 Å². The van der Waals surface area contributed by atoms with E-state index in [0.717, 1.165) is 22.7 Å². The zero-order valence-electron chi connectivity index (χ0n) is 11.7. The maximum atomic E-state index is 10.5. The Labute approximate surface area is 122 Å². The summed E-state index contributed by atoms with van der Waals surface area (Å²) in [6, 6.07) is 12.4. The molecule has 2 heterocycles. The molecule has 0 aliphatic carbocycles. The number of aliphatic hydroxyl groups excluding tert-OH is 1. The quantitative estimate of drug-likeness (QED) is 0.797. The molecule has 3 rings (SSSR count). The highest BCUT2D eigenvalue weighted by molar-refractivity contribution is 7.19. The second-order valence-electron chi connectivity index (χ2n) is 5.01. The number of aromatic nitrogens is 2. The summed E-state index contributed by atoms with van der Waals surface area (Å²) >= 11 is 1.66. The molecule has 104 valence electrons. The highest BCUT2D eigenvalue weighted by Crippen LogP contribution is 2.31. The Kier molecular flexibility index (Phi) is 3.59. The Hall–Kier alpha value is -1.65. The van der Waals surface area contributed by atoms with E-state index >= 15 is 0 Å². The standard InChI is InChI=1S/C16H18N2OS/c1-3-12-9-13(18(2)17-12)10-14(19)16-8-11-6-4-5-7-15(11)20-16/h4-9,14,19H,3,10H2,1-2H3. The summed E-state index contributed by atoms with van der Waals surface area (Å²) in [6.45, 7) is 2.09. The predicted molar refractivity (Wildman–Crippen MR) is 83.1 cm³/mol. The molecular formula is C16H18N2OS. The van der Waals surface area contributed by atoms with E-state index in [9.17, 15) is 5.11 Å². The lowest BCUT2D eigenvalue weighted by Crippen LogP contribution is -2.05. The monoisotopic (exact) mass is 286 g/mol. The van der Waals surface area contributed by atoms with Crippen molar-refractivity contribution >= 4 is 21.4 Å². The van der Waals surface area contributed by atoms with Gasteiger partial charge in [0.2, 0.25) is 0 Å². The van der Waals surface area contributed by atoms with Crippen molar-refractivity contribution in [1.29, 1.82) is 0 Å². The molecule has 0 spiro atoms. The maximum Gasteiger partial charge on any atom is 0.0937 e. The molecule has 1 atom stereocenters. The number of fused-ring (bicyclic) bond motifs is 1. The van der Waals surface area contributed by atoms with E-state index in [4.69, 9.17) is 0 Å². The third kappa shape index (κ3) is 2.49. The Morgan fingerprint density at radius 2 is 2.10 bits per heavy atom. The number of hydrogen-bond acceptors (Lipinski definition) is 3. The predicted octanol–water partition coefficient (Wildman–Crippen LogP) is 3.47. The molecule has 3 aromatic rings. The zero-order valence-corrected chi connectivity index (χ0v) is 12.5. The smallest absolute Gasteiger partial charge is 0.0937 e. The molecule has 2 aromatic heterocycles. The van der Waals surface area contributed by atoms with Crippen LogP contribution in [-0.4, -0.2) is 14.9 Å². The number of aryl methyl sites for hydroxylation is 2. The first kappa shape index (κ1) is 13.3. The fourth-order valence-electron chi connectivity index (χ4n) is 2.40. The highest BCUT2D eigenvalue weighted by atomic mass is 32.1. The van der Waals surface area contributed by atoms with Gasteiger partial charge in [0.1, 0.15) is 0 Å². The molecule has 1 N–H and O–H groups in total. The van der Waals surface area contributed by atoms with Gasteiger partial charge in [0.05, 0.1) is 11.8 Å². The lowest BCUT2D eigenvalue weighted by Gasteiger charge is -2.08. The molecule has 1 unspecified atom stereocenters. The van der Waals surface area contributed by atoms with Gasteiger partial charge in [-0.25, -0.2) is 0 Å². The zero-order chi connectivity index (χ0) is 14.1. The van der Waals surface area contributed by atoms with Crippen LogP contribution in [0.3, 0.4) is 0 Å². The third-order valence-corrected chi connectivity index (χ3v) is 4.78. The maximum absolute atomic E-state index is 10.5. The number of thiophene rings is 1. The van der Waals surface area contributed by atoms with Crippen LogP contribution in [0.2, 0.25) is 0 Å². The number of hydrogen-bond donors (Lipinski definition) is 1. The van der Waals surface area contributed by atoms with Gasteiger partial charge in [0.15, 0.2) is 0 Å². The average molecular weight is 286 g/mol. The van der Waals surface area contributed by atoms with Crippen molar-refractivity contribution in [2.75, 3.05) is 0 Å². The SMILES string of the molecule is CCc1cc(CC(O)c2cc3ccccc3s2)n(C)n1. The van der Waals surface area contributed by atoms with Gasteiger partial charge in [-0.2, -0.15) is 5.10 Å². The molecule has 0 bridgehead atoms. The van der Waals surface area contributed by atoms with Crippen LogP contribution in [-0.2, 0) is 19.9 Å². The summed E-state index contributed by atoms with van der Waals surface area (Å²) in [6.07, 6.45) is 1.07. The molecule has 0 saturated heterocycles. The lowest BCUT2D eigenvalue weighted by atomic mass is 10.1. The van der Waals surface area contributed by atoms with Crippen molar-refractivity contribution < 1.29 is 5.11 Å². The molecule has 4 heteroatoms. The molecule has 0 saturated carbocycles. The fraction of sp³-hybridized carbons (Fsp3) is 0.312. The molecule has 0 fully saturated rings. The highest BCUT2D eigenvalue weighted by Gasteiger charge is 2.15. The van der Waals surface area contributed by atoms with E-state index in [1.165, 1.54) is 10.1 Å². The summed E-state index contributed by atoms with van der Waals surface area (Å²) in [5.41, 5.74) is 2.15. The van der Waals surface area contributed by atoms with E-state index in [0.29, 0.717) is 6.42 Å². The van der Waals surface area contributed by atoms with E-state index in [2.05, 4.69) is 36.3 Å². The van der Waals surface area contributed by atoms with Gasteiger partial charge in [0.25, 0.3) is 0 Å². The summed E-state index contributed by atoms with van der Waals surface area (Å²) in [7, 11) is 1.94. The normalized spacial score (nSPS) is 12.9. The molecular weight excluding hydrogens is 268 g/mol. The Morgan fingerprint density at radius 1 is 1.30 bits per heavy atom. The van der Waals surface area contributed by atoms with Crippen LogP contribution >= 0.6 is 11.3 Å². The van der Waals surface area contributed by atoms with Crippen LogP contribution in [0.5, 0.6) is 0 Å². The van der Waals surface area contributed by atoms with Crippen molar-refractivity contribution in [2.45, 2.75) is 25.9 Å². The van der Waals surface area contributed by atoms with Crippen molar-refractivity contribution in [3.8, 4) is 0 Å².